The first-order valence-electron chi connectivity index (χ1n) is 11.6. The Hall–Kier alpha value is -1.62. The van der Waals surface area contributed by atoms with Gasteiger partial charge in [0.15, 0.2) is 0 Å². The molecule has 158 valence electrons. The van der Waals surface area contributed by atoms with Crippen LogP contribution in [0.4, 0.5) is 0 Å². The quantitative estimate of drug-likeness (QED) is 0.457. The highest BCUT2D eigenvalue weighted by Crippen LogP contribution is 2.41. The third-order valence-corrected chi connectivity index (χ3v) is 7.58. The second-order valence-corrected chi connectivity index (χ2v) is 9.77. The third kappa shape index (κ3) is 4.10. The second kappa shape index (κ2) is 9.25. The number of likely N-dealkylation sites (tertiary alicyclic amines) is 2. The molecule has 0 saturated carbocycles. The second-order valence-electron chi connectivity index (χ2n) is 8.92. The lowest BCUT2D eigenvalue weighted by atomic mass is 9.95. The molecule has 0 amide bonds. The van der Waals surface area contributed by atoms with Crippen LogP contribution in [0.15, 0.2) is 53.0 Å². The molecule has 2 fully saturated rings. The van der Waals surface area contributed by atoms with Crippen LogP contribution in [-0.4, -0.2) is 47.5 Å². The monoisotopic (exact) mass is 465 g/mol. The summed E-state index contributed by atoms with van der Waals surface area (Å²) >= 11 is 3.90. The molecule has 0 radical (unpaired) electrons. The Bertz CT molecular complexity index is 969. The number of halogens is 1. The van der Waals surface area contributed by atoms with E-state index in [2.05, 4.69) is 79.2 Å². The molecule has 4 heteroatoms. The standard InChI is InChI=1S/C26H32BrN3/c27-21-13-10-14-22-24(21)25(26(28-22)20-11-4-1-5-12-20)23(30-17-8-3-9-18-30)19-29-15-6-2-7-16-29/h1,4-5,10-14,23,28H,2-3,6-9,15-19H2. The molecule has 5 rings (SSSR count). The Balaban J connectivity index is 1.65. The number of aromatic amines is 1. The molecule has 0 bridgehead atoms. The van der Waals surface area contributed by atoms with Crippen molar-refractivity contribution in [3.05, 3.63) is 58.6 Å². The van der Waals surface area contributed by atoms with Crippen molar-refractivity contribution < 1.29 is 0 Å². The van der Waals surface area contributed by atoms with Crippen molar-refractivity contribution in [2.24, 2.45) is 0 Å². The SMILES string of the molecule is Brc1cccc2[nH]c(-c3ccccc3)c(C(CN3CCCCC3)N3CCCCC3)c12. The van der Waals surface area contributed by atoms with Gasteiger partial charge in [0.05, 0.1) is 11.7 Å². The number of fused-ring (bicyclic) bond motifs is 1. The fourth-order valence-electron chi connectivity index (χ4n) is 5.40. The van der Waals surface area contributed by atoms with E-state index >= 15 is 0 Å². The van der Waals surface area contributed by atoms with E-state index in [1.165, 1.54) is 96.9 Å². The number of piperidine rings is 2. The van der Waals surface area contributed by atoms with Crippen molar-refractivity contribution >= 4 is 26.8 Å². The first-order valence-corrected chi connectivity index (χ1v) is 12.4. The van der Waals surface area contributed by atoms with Gasteiger partial charge in [0, 0.05) is 27.5 Å². The van der Waals surface area contributed by atoms with Crippen LogP contribution >= 0.6 is 15.9 Å². The van der Waals surface area contributed by atoms with Gasteiger partial charge in [-0.05, 0) is 69.6 Å². The minimum atomic E-state index is 0.422. The van der Waals surface area contributed by atoms with Crippen LogP contribution in [0.1, 0.15) is 50.1 Å². The van der Waals surface area contributed by atoms with Gasteiger partial charge in [-0.15, -0.1) is 0 Å². The van der Waals surface area contributed by atoms with Gasteiger partial charge in [-0.2, -0.15) is 0 Å². The first-order chi connectivity index (χ1) is 14.8. The molecular weight excluding hydrogens is 434 g/mol. The van der Waals surface area contributed by atoms with Crippen molar-refractivity contribution in [2.75, 3.05) is 32.7 Å². The van der Waals surface area contributed by atoms with Crippen molar-refractivity contribution in [3.63, 3.8) is 0 Å². The van der Waals surface area contributed by atoms with Gasteiger partial charge in [0.2, 0.25) is 0 Å². The number of hydrogen-bond acceptors (Lipinski definition) is 2. The Morgan fingerprint density at radius 2 is 1.50 bits per heavy atom. The molecule has 2 aliphatic heterocycles. The Kier molecular flexibility index (Phi) is 6.26. The van der Waals surface area contributed by atoms with E-state index < -0.39 is 0 Å². The van der Waals surface area contributed by atoms with Crippen LogP contribution < -0.4 is 0 Å². The van der Waals surface area contributed by atoms with Crippen LogP contribution in [0.5, 0.6) is 0 Å². The summed E-state index contributed by atoms with van der Waals surface area (Å²) in [6.07, 6.45) is 8.09. The lowest BCUT2D eigenvalue weighted by Crippen LogP contribution is -2.42. The molecule has 1 aromatic heterocycles. The van der Waals surface area contributed by atoms with E-state index in [1.54, 1.807) is 0 Å². The van der Waals surface area contributed by atoms with Crippen LogP contribution in [0.3, 0.4) is 0 Å². The molecule has 30 heavy (non-hydrogen) atoms. The van der Waals surface area contributed by atoms with Gasteiger partial charge in [-0.1, -0.05) is 65.2 Å². The fraction of sp³-hybridized carbons (Fsp3) is 0.462. The highest BCUT2D eigenvalue weighted by molar-refractivity contribution is 9.10. The third-order valence-electron chi connectivity index (χ3n) is 6.92. The zero-order chi connectivity index (χ0) is 20.3. The van der Waals surface area contributed by atoms with Crippen molar-refractivity contribution in [2.45, 2.75) is 44.6 Å². The summed E-state index contributed by atoms with van der Waals surface area (Å²) in [5.41, 5.74) is 5.30. The Morgan fingerprint density at radius 1 is 0.800 bits per heavy atom. The summed E-state index contributed by atoms with van der Waals surface area (Å²) in [5.74, 6) is 0. The van der Waals surface area contributed by atoms with Crippen molar-refractivity contribution in [1.29, 1.82) is 0 Å². The summed E-state index contributed by atoms with van der Waals surface area (Å²) in [7, 11) is 0. The number of aromatic nitrogens is 1. The number of rotatable bonds is 5. The number of H-pyrrole nitrogens is 1. The predicted octanol–water partition coefficient (Wildman–Crippen LogP) is 6.61. The molecule has 3 aromatic rings. The van der Waals surface area contributed by atoms with Crippen LogP contribution in [0, 0.1) is 0 Å². The summed E-state index contributed by atoms with van der Waals surface area (Å²) in [6.45, 7) is 6.05. The van der Waals surface area contributed by atoms with Gasteiger partial charge in [-0.3, -0.25) is 4.90 Å². The number of benzene rings is 2. The van der Waals surface area contributed by atoms with Crippen LogP contribution in [0.25, 0.3) is 22.2 Å². The Morgan fingerprint density at radius 3 is 2.23 bits per heavy atom. The summed E-state index contributed by atoms with van der Waals surface area (Å²) in [6, 6.07) is 17.9. The molecule has 1 unspecified atom stereocenters. The molecule has 3 heterocycles. The highest BCUT2D eigenvalue weighted by atomic mass is 79.9. The molecule has 2 aliphatic rings. The first kappa shape index (κ1) is 20.3. The average molecular weight is 466 g/mol. The molecule has 1 N–H and O–H groups in total. The van der Waals surface area contributed by atoms with Crippen LogP contribution in [-0.2, 0) is 0 Å². The molecule has 2 aromatic carbocycles. The molecule has 1 atom stereocenters. The van der Waals surface area contributed by atoms with E-state index in [-0.39, 0.29) is 0 Å². The predicted molar refractivity (Wildman–Crippen MR) is 130 cm³/mol. The summed E-state index contributed by atoms with van der Waals surface area (Å²) in [4.78, 5) is 9.29. The number of nitrogens with one attached hydrogen (secondary N) is 1. The molecule has 0 aliphatic carbocycles. The lowest BCUT2D eigenvalue weighted by molar-refractivity contribution is 0.109. The maximum atomic E-state index is 3.90. The van der Waals surface area contributed by atoms with E-state index in [0.717, 1.165) is 6.54 Å². The topological polar surface area (TPSA) is 22.3 Å². The smallest absolute Gasteiger partial charge is 0.0514 e. The molecular formula is C26H32BrN3. The van der Waals surface area contributed by atoms with Gasteiger partial charge >= 0.3 is 0 Å². The normalized spacial score (nSPS) is 19.9. The number of nitrogens with zero attached hydrogens (tertiary/aromatic N) is 2. The number of hydrogen-bond donors (Lipinski definition) is 1. The minimum Gasteiger partial charge on any atom is -0.354 e. The minimum absolute atomic E-state index is 0.422. The summed E-state index contributed by atoms with van der Waals surface area (Å²) < 4.78 is 1.20. The van der Waals surface area contributed by atoms with Gasteiger partial charge < -0.3 is 9.88 Å². The molecule has 0 spiro atoms. The van der Waals surface area contributed by atoms with Gasteiger partial charge in [-0.25, -0.2) is 0 Å². The van der Waals surface area contributed by atoms with E-state index in [9.17, 15) is 0 Å². The van der Waals surface area contributed by atoms with E-state index in [4.69, 9.17) is 0 Å². The van der Waals surface area contributed by atoms with E-state index in [1.807, 2.05) is 0 Å². The fourth-order valence-corrected chi connectivity index (χ4v) is 5.98. The van der Waals surface area contributed by atoms with Gasteiger partial charge in [0.1, 0.15) is 0 Å². The Labute approximate surface area is 188 Å². The zero-order valence-corrected chi connectivity index (χ0v) is 19.3. The maximum absolute atomic E-state index is 3.90. The molecule has 2 saturated heterocycles. The van der Waals surface area contributed by atoms with Crippen LogP contribution in [0.2, 0.25) is 0 Å². The van der Waals surface area contributed by atoms with Gasteiger partial charge in [0.25, 0.3) is 0 Å². The lowest BCUT2D eigenvalue weighted by Gasteiger charge is -2.39. The van der Waals surface area contributed by atoms with Crippen molar-refractivity contribution in [1.82, 2.24) is 14.8 Å². The average Bonchev–Trinajstić information content (AvgIpc) is 3.20. The maximum Gasteiger partial charge on any atom is 0.0514 e. The van der Waals surface area contributed by atoms with E-state index in [0.29, 0.717) is 6.04 Å². The highest BCUT2D eigenvalue weighted by Gasteiger charge is 2.30. The largest absolute Gasteiger partial charge is 0.354 e. The zero-order valence-electron chi connectivity index (χ0n) is 17.7. The van der Waals surface area contributed by atoms with Crippen molar-refractivity contribution in [3.8, 4) is 11.3 Å². The summed E-state index contributed by atoms with van der Waals surface area (Å²) in [5, 5.41) is 1.36. The molecule has 3 nitrogen and oxygen atoms in total.